The predicted octanol–water partition coefficient (Wildman–Crippen LogP) is 5.06. The molecular weight excluding hydrogens is 431 g/mol. The highest BCUT2D eigenvalue weighted by Crippen LogP contribution is 2.23. The fraction of sp³-hybridized carbons (Fsp3) is 0.296. The first kappa shape index (κ1) is 23.4. The van der Waals surface area contributed by atoms with Gasteiger partial charge >= 0.3 is 0 Å². The van der Waals surface area contributed by atoms with E-state index >= 15 is 0 Å². The number of rotatable bonds is 11. The minimum Gasteiger partial charge on any atom is -0.361 e. The Morgan fingerprint density at radius 2 is 1.91 bits per heavy atom. The summed E-state index contributed by atoms with van der Waals surface area (Å²) in [5, 5.41) is 3.86. The maximum absolute atomic E-state index is 13.7. The summed E-state index contributed by atoms with van der Waals surface area (Å²) >= 11 is 0. The Balaban J connectivity index is 1.47. The number of hydrogen-bond acceptors (Lipinski definition) is 2. The van der Waals surface area contributed by atoms with Gasteiger partial charge in [-0.1, -0.05) is 43.2 Å². The summed E-state index contributed by atoms with van der Waals surface area (Å²) in [6, 6.07) is 14.3. The van der Waals surface area contributed by atoms with Crippen LogP contribution in [0.3, 0.4) is 0 Å². The van der Waals surface area contributed by atoms with Crippen molar-refractivity contribution in [3.8, 4) is 11.3 Å². The lowest BCUT2D eigenvalue weighted by atomic mass is 10.0. The fourth-order valence-electron chi connectivity index (χ4n) is 4.23. The number of carbonyl (C=O) groups is 2. The third-order valence-electron chi connectivity index (χ3n) is 6.01. The predicted molar refractivity (Wildman–Crippen MR) is 129 cm³/mol. The first-order valence-corrected chi connectivity index (χ1v) is 11.7. The second kappa shape index (κ2) is 10.9. The Labute approximate surface area is 198 Å². The van der Waals surface area contributed by atoms with Crippen LogP contribution in [0.4, 0.5) is 4.39 Å². The van der Waals surface area contributed by atoms with Crippen LogP contribution in [-0.4, -0.2) is 21.7 Å². The summed E-state index contributed by atoms with van der Waals surface area (Å²) in [5.74, 6) is 0.559. The number of imidazole rings is 1. The van der Waals surface area contributed by atoms with Crippen molar-refractivity contribution < 1.29 is 19.0 Å². The largest absolute Gasteiger partial charge is 0.361 e. The molecule has 1 amide bonds. The van der Waals surface area contributed by atoms with Crippen LogP contribution in [-0.2, 0) is 16.0 Å². The van der Waals surface area contributed by atoms with Crippen molar-refractivity contribution in [3.05, 3.63) is 78.1 Å². The zero-order chi connectivity index (χ0) is 23.9. The zero-order valence-corrected chi connectivity index (χ0v) is 19.3. The van der Waals surface area contributed by atoms with E-state index in [1.165, 1.54) is 12.1 Å². The van der Waals surface area contributed by atoms with Gasteiger partial charge in [-0.05, 0) is 43.5 Å². The van der Waals surface area contributed by atoms with E-state index in [4.69, 9.17) is 0 Å². The van der Waals surface area contributed by atoms with Crippen LogP contribution < -0.4 is 10.3 Å². The molecule has 0 unspecified atom stereocenters. The molecule has 0 aliphatic rings. The van der Waals surface area contributed by atoms with Gasteiger partial charge in [-0.15, -0.1) is 0 Å². The molecule has 4 rings (SSSR count). The van der Waals surface area contributed by atoms with Crippen molar-refractivity contribution >= 4 is 22.6 Å². The fourth-order valence-corrected chi connectivity index (χ4v) is 4.23. The van der Waals surface area contributed by atoms with E-state index in [1.54, 1.807) is 19.2 Å². The maximum atomic E-state index is 13.7. The van der Waals surface area contributed by atoms with Crippen LogP contribution >= 0.6 is 0 Å². The number of nitrogens with one attached hydrogen (secondary N) is 4. The SMILES string of the molecule is CC(=O)CCCCC[C@H](NC(=O)Cc1c[nH]c2ccc(F)cc12)c1[nH]c(-c2ccccc2)c[nH+]1. The monoisotopic (exact) mass is 461 g/mol. The van der Waals surface area contributed by atoms with Crippen molar-refractivity contribution in [3.63, 3.8) is 0 Å². The van der Waals surface area contributed by atoms with Crippen LogP contribution in [0.5, 0.6) is 0 Å². The van der Waals surface area contributed by atoms with Crippen molar-refractivity contribution in [2.75, 3.05) is 0 Å². The van der Waals surface area contributed by atoms with Gasteiger partial charge in [-0.3, -0.25) is 4.79 Å². The molecule has 4 aromatic rings. The first-order chi connectivity index (χ1) is 16.5. The molecule has 1 atom stereocenters. The highest BCUT2D eigenvalue weighted by molar-refractivity contribution is 5.89. The highest BCUT2D eigenvalue weighted by atomic mass is 19.1. The van der Waals surface area contributed by atoms with E-state index in [9.17, 15) is 14.0 Å². The molecule has 0 fully saturated rings. The summed E-state index contributed by atoms with van der Waals surface area (Å²) in [6.07, 6.45) is 7.77. The molecule has 0 saturated heterocycles. The molecule has 2 heterocycles. The van der Waals surface area contributed by atoms with Crippen molar-refractivity contribution in [1.82, 2.24) is 15.3 Å². The van der Waals surface area contributed by atoms with Gasteiger partial charge in [0, 0.05) is 29.1 Å². The molecule has 0 saturated carbocycles. The lowest BCUT2D eigenvalue weighted by Crippen LogP contribution is -2.33. The van der Waals surface area contributed by atoms with Gasteiger partial charge < -0.3 is 15.1 Å². The second-order valence-corrected chi connectivity index (χ2v) is 8.71. The van der Waals surface area contributed by atoms with E-state index in [0.29, 0.717) is 11.8 Å². The summed E-state index contributed by atoms with van der Waals surface area (Å²) in [6.45, 7) is 1.61. The Morgan fingerprint density at radius 1 is 1.09 bits per heavy atom. The smallest absolute Gasteiger partial charge is 0.275 e. The number of aromatic amines is 3. The number of hydrogen-bond donors (Lipinski definition) is 3. The van der Waals surface area contributed by atoms with Crippen LogP contribution in [0, 0.1) is 5.82 Å². The van der Waals surface area contributed by atoms with Crippen LogP contribution in [0.25, 0.3) is 22.2 Å². The molecule has 0 aliphatic carbocycles. The maximum Gasteiger partial charge on any atom is 0.275 e. The number of amides is 1. The quantitative estimate of drug-likeness (QED) is 0.273. The summed E-state index contributed by atoms with van der Waals surface area (Å²) in [4.78, 5) is 34.0. The number of ketones is 1. The third-order valence-corrected chi connectivity index (χ3v) is 6.01. The van der Waals surface area contributed by atoms with E-state index in [2.05, 4.69) is 20.3 Å². The molecule has 0 spiro atoms. The number of fused-ring (bicyclic) bond motifs is 1. The van der Waals surface area contributed by atoms with Crippen LogP contribution in [0.2, 0.25) is 0 Å². The van der Waals surface area contributed by atoms with Gasteiger partial charge in [0.15, 0.2) is 5.69 Å². The topological polar surface area (TPSA) is 91.9 Å². The van der Waals surface area contributed by atoms with Crippen LogP contribution in [0.15, 0.2) is 60.9 Å². The zero-order valence-electron chi connectivity index (χ0n) is 19.3. The average Bonchev–Trinajstić information content (AvgIpc) is 3.46. The number of carbonyl (C=O) groups excluding carboxylic acids is 2. The average molecular weight is 462 g/mol. The minimum absolute atomic E-state index is 0.136. The minimum atomic E-state index is -0.327. The molecular formula is C27H30FN4O2+. The Morgan fingerprint density at radius 3 is 2.71 bits per heavy atom. The molecule has 2 aromatic carbocycles. The second-order valence-electron chi connectivity index (χ2n) is 8.71. The molecule has 6 nitrogen and oxygen atoms in total. The first-order valence-electron chi connectivity index (χ1n) is 11.7. The molecule has 0 aliphatic heterocycles. The Bertz CT molecular complexity index is 1260. The normalized spacial score (nSPS) is 12.1. The standard InChI is InChI=1S/C27H29FN4O2/c1-18(33)8-4-2-7-11-24(27-30-17-25(32-27)19-9-5-3-6-10-19)31-26(34)14-20-16-29-23-13-12-21(28)15-22(20)23/h3,5-6,9-10,12-13,15-17,24,29H,2,4,7-8,11,14H2,1H3,(H,30,32)(H,31,34)/p+1/t24-/m0/s1. The summed E-state index contributed by atoms with van der Waals surface area (Å²) < 4.78 is 13.7. The van der Waals surface area contributed by atoms with Gasteiger partial charge in [0.05, 0.1) is 6.42 Å². The lowest BCUT2D eigenvalue weighted by molar-refractivity contribution is -0.391. The number of aromatic nitrogens is 3. The van der Waals surface area contributed by atoms with Crippen molar-refractivity contribution in [2.24, 2.45) is 0 Å². The molecule has 0 bridgehead atoms. The number of H-pyrrole nitrogens is 3. The van der Waals surface area contributed by atoms with Crippen LogP contribution in [0.1, 0.15) is 56.5 Å². The van der Waals surface area contributed by atoms with E-state index in [0.717, 1.165) is 53.8 Å². The van der Waals surface area contributed by atoms with Gasteiger partial charge in [0.2, 0.25) is 5.91 Å². The summed E-state index contributed by atoms with van der Waals surface area (Å²) in [7, 11) is 0. The molecule has 0 radical (unpaired) electrons. The van der Waals surface area contributed by atoms with Crippen molar-refractivity contribution in [2.45, 2.75) is 51.5 Å². The highest BCUT2D eigenvalue weighted by Gasteiger charge is 2.23. The molecule has 34 heavy (non-hydrogen) atoms. The lowest BCUT2D eigenvalue weighted by Gasteiger charge is -2.14. The van der Waals surface area contributed by atoms with Crippen molar-refractivity contribution in [1.29, 1.82) is 0 Å². The number of benzene rings is 2. The number of halogens is 1. The summed E-state index contributed by atoms with van der Waals surface area (Å²) in [5.41, 5.74) is 3.56. The van der Waals surface area contributed by atoms with Gasteiger partial charge in [-0.2, -0.15) is 0 Å². The van der Waals surface area contributed by atoms with Gasteiger partial charge in [0.1, 0.15) is 23.8 Å². The molecule has 4 N–H and O–H groups in total. The van der Waals surface area contributed by atoms with Gasteiger partial charge in [0.25, 0.3) is 5.82 Å². The molecule has 7 heteroatoms. The van der Waals surface area contributed by atoms with Gasteiger partial charge in [-0.25, -0.2) is 14.4 Å². The Kier molecular flexibility index (Phi) is 7.52. The Hall–Kier alpha value is -3.74. The third kappa shape index (κ3) is 5.98. The molecule has 176 valence electrons. The number of unbranched alkanes of at least 4 members (excludes halogenated alkanes) is 2. The van der Waals surface area contributed by atoms with E-state index in [-0.39, 0.29) is 30.0 Å². The molecule has 2 aromatic heterocycles. The number of Topliss-reactive ketones (excluding diaryl/α,β-unsaturated/α-hetero) is 1. The van der Waals surface area contributed by atoms with E-state index in [1.807, 2.05) is 36.5 Å². The van der Waals surface area contributed by atoms with E-state index < -0.39 is 0 Å².